The highest BCUT2D eigenvalue weighted by molar-refractivity contribution is 6.35. The molecule has 5 fully saturated rings. The molecule has 2 atom stereocenters. The molecular formula is C16H18F6N2O3. The molecule has 5 rings (SSSR count). The molecule has 0 radical (unpaired) electrons. The number of aliphatic hydroxyl groups excluding tert-OH is 1. The Morgan fingerprint density at radius 3 is 2.11 bits per heavy atom. The molecule has 152 valence electrons. The molecule has 1 aliphatic heterocycles. The Labute approximate surface area is 150 Å². The molecule has 1 spiro atoms. The van der Waals surface area contributed by atoms with Crippen molar-refractivity contribution in [2.75, 3.05) is 6.54 Å². The summed E-state index contributed by atoms with van der Waals surface area (Å²) < 4.78 is 81.1. The van der Waals surface area contributed by atoms with Gasteiger partial charge in [0.2, 0.25) is 6.43 Å². The van der Waals surface area contributed by atoms with Crippen LogP contribution in [0.4, 0.5) is 26.3 Å². The Balaban J connectivity index is 1.50. The van der Waals surface area contributed by atoms with Gasteiger partial charge in [0.25, 0.3) is 11.8 Å². The van der Waals surface area contributed by atoms with Gasteiger partial charge in [-0.25, -0.2) is 26.3 Å². The Morgan fingerprint density at radius 1 is 1.04 bits per heavy atom. The van der Waals surface area contributed by atoms with E-state index in [1.807, 2.05) is 0 Å². The summed E-state index contributed by atoms with van der Waals surface area (Å²) in [4.78, 5) is 25.1. The van der Waals surface area contributed by atoms with Gasteiger partial charge in [0.05, 0.1) is 12.1 Å². The van der Waals surface area contributed by atoms with Crippen LogP contribution >= 0.6 is 0 Å². The van der Waals surface area contributed by atoms with Crippen molar-refractivity contribution in [3.63, 3.8) is 0 Å². The third-order valence-electron chi connectivity index (χ3n) is 6.66. The third-order valence-corrected chi connectivity index (χ3v) is 6.66. The normalized spacial score (nSPS) is 43.6. The van der Waals surface area contributed by atoms with Crippen LogP contribution in [0.3, 0.4) is 0 Å². The highest BCUT2D eigenvalue weighted by Gasteiger charge is 2.74. The number of rotatable bonds is 2. The zero-order chi connectivity index (χ0) is 20.0. The number of carbonyl (C=O) groups excluding carboxylic acids is 2. The quantitative estimate of drug-likeness (QED) is 0.548. The number of amides is 2. The number of alkyl halides is 6. The van der Waals surface area contributed by atoms with Gasteiger partial charge in [-0.15, -0.1) is 0 Å². The maximum Gasteiger partial charge on any atom is 0.312 e. The van der Waals surface area contributed by atoms with Crippen LogP contribution in [-0.2, 0) is 9.59 Å². The van der Waals surface area contributed by atoms with Crippen LogP contribution in [0.15, 0.2) is 0 Å². The number of nitrogens with zero attached hydrogens (tertiary/aromatic N) is 1. The van der Waals surface area contributed by atoms with E-state index >= 15 is 0 Å². The van der Waals surface area contributed by atoms with E-state index in [1.54, 1.807) is 0 Å². The second kappa shape index (κ2) is 5.09. The van der Waals surface area contributed by atoms with E-state index in [1.165, 1.54) is 0 Å². The molecule has 1 saturated heterocycles. The predicted octanol–water partition coefficient (Wildman–Crippen LogP) is 1.69. The largest absolute Gasteiger partial charge is 0.384 e. The molecule has 1 heterocycles. The summed E-state index contributed by atoms with van der Waals surface area (Å²) in [5.41, 5.74) is -4.34. The Morgan fingerprint density at radius 2 is 1.63 bits per heavy atom. The fourth-order valence-electron chi connectivity index (χ4n) is 5.40. The van der Waals surface area contributed by atoms with Gasteiger partial charge < -0.3 is 15.3 Å². The molecule has 0 unspecified atom stereocenters. The van der Waals surface area contributed by atoms with Gasteiger partial charge in [-0.1, -0.05) is 0 Å². The summed E-state index contributed by atoms with van der Waals surface area (Å²) in [5.74, 6) is -9.91. The van der Waals surface area contributed by atoms with Gasteiger partial charge in [0, 0.05) is 23.8 Å². The Hall–Kier alpha value is -1.52. The van der Waals surface area contributed by atoms with Gasteiger partial charge in [0.15, 0.2) is 0 Å². The lowest BCUT2D eigenvalue weighted by Crippen LogP contribution is -2.77. The minimum atomic E-state index is -3.83. The van der Waals surface area contributed by atoms with E-state index in [4.69, 9.17) is 0 Å². The van der Waals surface area contributed by atoms with E-state index in [-0.39, 0.29) is 19.3 Å². The third kappa shape index (κ3) is 2.42. The van der Waals surface area contributed by atoms with Crippen LogP contribution in [0.2, 0.25) is 0 Å². The van der Waals surface area contributed by atoms with Crippen LogP contribution in [0.25, 0.3) is 0 Å². The summed E-state index contributed by atoms with van der Waals surface area (Å²) in [5, 5.41) is 12.2. The van der Waals surface area contributed by atoms with Gasteiger partial charge >= 0.3 is 11.8 Å². The molecule has 27 heavy (non-hydrogen) atoms. The first-order valence-electron chi connectivity index (χ1n) is 8.63. The van der Waals surface area contributed by atoms with Crippen LogP contribution in [0.5, 0.6) is 0 Å². The van der Waals surface area contributed by atoms with Crippen molar-refractivity contribution in [2.45, 2.75) is 74.0 Å². The van der Waals surface area contributed by atoms with Crippen LogP contribution in [-0.4, -0.2) is 63.8 Å². The molecule has 0 aromatic carbocycles. The predicted molar refractivity (Wildman–Crippen MR) is 77.4 cm³/mol. The van der Waals surface area contributed by atoms with Crippen molar-refractivity contribution in [2.24, 2.45) is 5.41 Å². The van der Waals surface area contributed by atoms with Gasteiger partial charge in [-0.2, -0.15) is 0 Å². The second-order valence-corrected chi connectivity index (χ2v) is 8.62. The number of likely N-dealkylation sites (tertiary alicyclic amines) is 1. The van der Waals surface area contributed by atoms with Crippen molar-refractivity contribution in [3.05, 3.63) is 0 Å². The highest BCUT2D eigenvalue weighted by atomic mass is 19.3. The monoisotopic (exact) mass is 400 g/mol. The lowest BCUT2D eigenvalue weighted by molar-refractivity contribution is -0.228. The van der Waals surface area contributed by atoms with E-state index in [0.29, 0.717) is 4.90 Å². The second-order valence-electron chi connectivity index (χ2n) is 8.62. The molecule has 2 amide bonds. The van der Waals surface area contributed by atoms with Crippen LogP contribution in [0, 0.1) is 5.41 Å². The maximum absolute atomic E-state index is 14.0. The summed E-state index contributed by atoms with van der Waals surface area (Å²) in [6, 6.07) is 0. The maximum atomic E-state index is 14.0. The molecule has 4 saturated carbocycles. The van der Waals surface area contributed by atoms with E-state index < -0.39 is 78.5 Å². The molecule has 11 heteroatoms. The van der Waals surface area contributed by atoms with Crippen molar-refractivity contribution >= 4 is 11.8 Å². The van der Waals surface area contributed by atoms with Crippen molar-refractivity contribution in [1.82, 2.24) is 10.2 Å². The molecule has 4 aliphatic carbocycles. The molecule has 0 aromatic rings. The highest BCUT2D eigenvalue weighted by Crippen LogP contribution is 2.69. The number of hydrogen-bond acceptors (Lipinski definition) is 3. The summed E-state index contributed by atoms with van der Waals surface area (Å²) in [6.45, 7) is -1.34. The Bertz CT molecular complexity index is 694. The average Bonchev–Trinajstić information content (AvgIpc) is 2.89. The van der Waals surface area contributed by atoms with Crippen LogP contribution < -0.4 is 5.32 Å². The SMILES string of the molecule is O=C(NC12CC(C(F)F)(C1)C2)C(=O)N1CC(F)(F)[C@@H](O)[C@@]12CCC(F)(F)C2. The van der Waals surface area contributed by atoms with Gasteiger partial charge in [0.1, 0.15) is 6.10 Å². The van der Waals surface area contributed by atoms with Gasteiger partial charge in [-0.3, -0.25) is 9.59 Å². The van der Waals surface area contributed by atoms with E-state index in [9.17, 15) is 41.0 Å². The van der Waals surface area contributed by atoms with E-state index in [0.717, 1.165) is 0 Å². The van der Waals surface area contributed by atoms with Crippen molar-refractivity contribution < 1.29 is 41.0 Å². The topological polar surface area (TPSA) is 69.6 Å². The first-order valence-corrected chi connectivity index (χ1v) is 8.63. The summed E-state index contributed by atoms with van der Waals surface area (Å²) in [6.07, 6.45) is -7.61. The molecule has 5 nitrogen and oxygen atoms in total. The molecular weight excluding hydrogens is 382 g/mol. The van der Waals surface area contributed by atoms with Crippen LogP contribution in [0.1, 0.15) is 38.5 Å². The van der Waals surface area contributed by atoms with E-state index in [2.05, 4.69) is 5.32 Å². The molecule has 0 aromatic heterocycles. The standard InChI is InChI=1S/C16H18F6N2O3/c17-11(18)12-3-13(4-12,5-12)23-8(25)9(26)24-7-16(21,22)10(27)14(24)1-2-15(19,20)6-14/h10-11,27H,1-7H2,(H,23,25)/t10-,12?,13?,14-/m0/s1. The first kappa shape index (κ1) is 18.8. The zero-order valence-corrected chi connectivity index (χ0v) is 14.1. The first-order chi connectivity index (χ1) is 12.3. The average molecular weight is 400 g/mol. The fourth-order valence-corrected chi connectivity index (χ4v) is 5.40. The molecule has 2 bridgehead atoms. The number of aliphatic hydroxyl groups is 1. The smallest absolute Gasteiger partial charge is 0.312 e. The minimum absolute atomic E-state index is 0.0152. The van der Waals surface area contributed by atoms with Gasteiger partial charge in [-0.05, 0) is 25.7 Å². The lowest BCUT2D eigenvalue weighted by atomic mass is 9.39. The Kier molecular flexibility index (Phi) is 3.55. The minimum Gasteiger partial charge on any atom is -0.384 e. The molecule has 2 N–H and O–H groups in total. The number of halogens is 6. The number of hydrogen-bond donors (Lipinski definition) is 2. The van der Waals surface area contributed by atoms with Crippen molar-refractivity contribution in [3.8, 4) is 0 Å². The lowest BCUT2D eigenvalue weighted by Gasteiger charge is -2.69. The number of nitrogens with one attached hydrogen (secondary N) is 1. The fraction of sp³-hybridized carbons (Fsp3) is 0.875. The number of carbonyl (C=O) groups is 2. The summed E-state index contributed by atoms with van der Waals surface area (Å²) >= 11 is 0. The summed E-state index contributed by atoms with van der Waals surface area (Å²) in [7, 11) is 0. The molecule has 5 aliphatic rings. The zero-order valence-electron chi connectivity index (χ0n) is 14.1. The van der Waals surface area contributed by atoms with Crippen molar-refractivity contribution in [1.29, 1.82) is 0 Å².